The van der Waals surface area contributed by atoms with E-state index in [1.807, 2.05) is 0 Å². The van der Waals surface area contributed by atoms with E-state index >= 15 is 0 Å². The molecule has 0 aromatic carbocycles. The van der Waals surface area contributed by atoms with E-state index in [9.17, 15) is 9.59 Å². The Morgan fingerprint density at radius 3 is 2.60 bits per heavy atom. The number of rotatable bonds is 3. The van der Waals surface area contributed by atoms with Crippen molar-refractivity contribution < 1.29 is 9.59 Å². The highest BCUT2D eigenvalue weighted by Crippen LogP contribution is 1.92. The molecule has 0 unspecified atom stereocenters. The van der Waals surface area contributed by atoms with E-state index in [2.05, 4.69) is 16.0 Å². The molecule has 1 heterocycles. The molecule has 6 heteroatoms. The van der Waals surface area contributed by atoms with Gasteiger partial charge in [0.15, 0.2) is 0 Å². The average Bonchev–Trinajstić information content (AvgIpc) is 2.29. The van der Waals surface area contributed by atoms with Crippen LogP contribution in [0.1, 0.15) is 6.42 Å². The van der Waals surface area contributed by atoms with Crippen molar-refractivity contribution in [2.24, 2.45) is 0 Å². The molecule has 0 atom stereocenters. The van der Waals surface area contributed by atoms with Crippen molar-refractivity contribution >= 4 is 11.9 Å². The van der Waals surface area contributed by atoms with E-state index in [1.54, 1.807) is 11.9 Å². The first-order chi connectivity index (χ1) is 7.24. The summed E-state index contributed by atoms with van der Waals surface area (Å²) in [6.07, 6.45) is 0.328. The van der Waals surface area contributed by atoms with Crippen molar-refractivity contribution in [1.82, 2.24) is 20.9 Å². The lowest BCUT2D eigenvalue weighted by Gasteiger charge is -2.27. The first-order valence-electron chi connectivity index (χ1n) is 5.18. The molecule has 0 aromatic heterocycles. The molecule has 1 aliphatic heterocycles. The first kappa shape index (κ1) is 11.8. The van der Waals surface area contributed by atoms with Crippen LogP contribution in [0.25, 0.3) is 0 Å². The summed E-state index contributed by atoms with van der Waals surface area (Å²) in [6.45, 7) is 3.52. The van der Waals surface area contributed by atoms with Crippen molar-refractivity contribution in [3.05, 3.63) is 0 Å². The lowest BCUT2D eigenvalue weighted by Crippen LogP contribution is -2.50. The molecule has 0 aliphatic carbocycles. The van der Waals surface area contributed by atoms with Crippen molar-refractivity contribution in [3.63, 3.8) is 0 Å². The Labute approximate surface area is 89.4 Å². The molecule has 0 spiro atoms. The Bertz CT molecular complexity index is 226. The van der Waals surface area contributed by atoms with Gasteiger partial charge >= 0.3 is 6.03 Å². The maximum absolute atomic E-state index is 11.5. The zero-order chi connectivity index (χ0) is 11.1. The van der Waals surface area contributed by atoms with Gasteiger partial charge in [0.1, 0.15) is 0 Å². The van der Waals surface area contributed by atoms with Crippen LogP contribution in [0.4, 0.5) is 4.79 Å². The van der Waals surface area contributed by atoms with Crippen LogP contribution in [0.15, 0.2) is 0 Å². The molecule has 3 amide bonds. The third-order valence-electron chi connectivity index (χ3n) is 2.31. The van der Waals surface area contributed by atoms with Crippen molar-refractivity contribution in [3.8, 4) is 0 Å². The summed E-state index contributed by atoms with van der Waals surface area (Å²) in [6, 6.07) is -0.0830. The minimum Gasteiger partial charge on any atom is -0.359 e. The van der Waals surface area contributed by atoms with Gasteiger partial charge in [-0.05, 0) is 0 Å². The minimum absolute atomic E-state index is 0.0596. The van der Waals surface area contributed by atoms with E-state index < -0.39 is 0 Å². The van der Waals surface area contributed by atoms with Crippen LogP contribution < -0.4 is 16.0 Å². The number of carbonyl (C=O) groups is 2. The standard InChI is InChI=1S/C9H18N4O2/c1-10-8(14)2-3-12-9(15)13-6-4-11-5-7-13/h11H,2-7H2,1H3,(H,10,14)(H,12,15). The molecule has 1 aliphatic rings. The Kier molecular flexibility index (Phi) is 4.89. The second kappa shape index (κ2) is 6.23. The zero-order valence-corrected chi connectivity index (χ0v) is 9.01. The zero-order valence-electron chi connectivity index (χ0n) is 9.01. The third kappa shape index (κ3) is 4.16. The molecular formula is C9H18N4O2. The van der Waals surface area contributed by atoms with Crippen LogP contribution in [0.5, 0.6) is 0 Å². The van der Waals surface area contributed by atoms with Gasteiger partial charge in [0.2, 0.25) is 5.91 Å². The Morgan fingerprint density at radius 1 is 1.33 bits per heavy atom. The van der Waals surface area contributed by atoms with Crippen LogP contribution in [-0.2, 0) is 4.79 Å². The minimum atomic E-state index is -0.0830. The monoisotopic (exact) mass is 214 g/mol. The van der Waals surface area contributed by atoms with Crippen LogP contribution in [0, 0.1) is 0 Å². The molecule has 86 valence electrons. The smallest absolute Gasteiger partial charge is 0.317 e. The van der Waals surface area contributed by atoms with Crippen LogP contribution in [0.2, 0.25) is 0 Å². The first-order valence-corrected chi connectivity index (χ1v) is 5.18. The van der Waals surface area contributed by atoms with Crippen molar-refractivity contribution in [2.45, 2.75) is 6.42 Å². The number of nitrogens with one attached hydrogen (secondary N) is 3. The Morgan fingerprint density at radius 2 is 2.00 bits per heavy atom. The molecule has 1 saturated heterocycles. The summed E-state index contributed by atoms with van der Waals surface area (Å²) in [5, 5.41) is 8.39. The molecule has 15 heavy (non-hydrogen) atoms. The molecule has 1 fully saturated rings. The van der Waals surface area contributed by atoms with E-state index in [0.717, 1.165) is 26.2 Å². The average molecular weight is 214 g/mol. The molecule has 0 aromatic rings. The second-order valence-corrected chi connectivity index (χ2v) is 3.39. The topological polar surface area (TPSA) is 73.5 Å². The van der Waals surface area contributed by atoms with E-state index in [1.165, 1.54) is 0 Å². The normalized spacial score (nSPS) is 15.9. The Hall–Kier alpha value is -1.30. The number of hydrogen-bond acceptors (Lipinski definition) is 3. The fourth-order valence-corrected chi connectivity index (χ4v) is 1.39. The van der Waals surface area contributed by atoms with Gasteiger partial charge in [-0.3, -0.25) is 4.79 Å². The largest absolute Gasteiger partial charge is 0.359 e. The highest BCUT2D eigenvalue weighted by molar-refractivity contribution is 5.78. The van der Waals surface area contributed by atoms with E-state index in [4.69, 9.17) is 0 Å². The highest BCUT2D eigenvalue weighted by Gasteiger charge is 2.15. The van der Waals surface area contributed by atoms with Crippen molar-refractivity contribution in [2.75, 3.05) is 39.8 Å². The van der Waals surface area contributed by atoms with Gasteiger partial charge < -0.3 is 20.9 Å². The van der Waals surface area contributed by atoms with Gasteiger partial charge in [-0.25, -0.2) is 4.79 Å². The number of piperazine rings is 1. The quantitative estimate of drug-likeness (QED) is 0.549. The van der Waals surface area contributed by atoms with Gasteiger partial charge in [-0.15, -0.1) is 0 Å². The van der Waals surface area contributed by atoms with Crippen LogP contribution >= 0.6 is 0 Å². The fraction of sp³-hybridized carbons (Fsp3) is 0.778. The summed E-state index contributed by atoms with van der Waals surface area (Å²) in [5.74, 6) is -0.0596. The molecular weight excluding hydrogens is 196 g/mol. The summed E-state index contributed by atoms with van der Waals surface area (Å²) in [4.78, 5) is 24.2. The van der Waals surface area contributed by atoms with Gasteiger partial charge in [-0.2, -0.15) is 0 Å². The third-order valence-corrected chi connectivity index (χ3v) is 2.31. The number of hydrogen-bond donors (Lipinski definition) is 3. The summed E-state index contributed by atoms with van der Waals surface area (Å²) < 4.78 is 0. The molecule has 0 saturated carbocycles. The van der Waals surface area contributed by atoms with Crippen molar-refractivity contribution in [1.29, 1.82) is 0 Å². The predicted molar refractivity (Wildman–Crippen MR) is 56.5 cm³/mol. The lowest BCUT2D eigenvalue weighted by molar-refractivity contribution is -0.120. The SMILES string of the molecule is CNC(=O)CCNC(=O)N1CCNCC1. The molecule has 0 radical (unpaired) electrons. The molecule has 3 N–H and O–H groups in total. The van der Waals surface area contributed by atoms with Crippen LogP contribution in [0.3, 0.4) is 0 Å². The molecule has 6 nitrogen and oxygen atoms in total. The number of amides is 3. The maximum atomic E-state index is 11.5. The van der Waals surface area contributed by atoms with E-state index in [0.29, 0.717) is 13.0 Å². The van der Waals surface area contributed by atoms with E-state index in [-0.39, 0.29) is 11.9 Å². The molecule has 0 bridgehead atoms. The maximum Gasteiger partial charge on any atom is 0.317 e. The van der Waals surface area contributed by atoms with Gasteiger partial charge in [0.05, 0.1) is 0 Å². The summed E-state index contributed by atoms with van der Waals surface area (Å²) >= 11 is 0. The Balaban J connectivity index is 2.14. The lowest BCUT2D eigenvalue weighted by atomic mass is 10.4. The van der Waals surface area contributed by atoms with Gasteiger partial charge in [0, 0.05) is 46.2 Å². The van der Waals surface area contributed by atoms with Gasteiger partial charge in [0.25, 0.3) is 0 Å². The van der Waals surface area contributed by atoms with Crippen LogP contribution in [-0.4, -0.2) is 56.6 Å². The van der Waals surface area contributed by atoms with Gasteiger partial charge in [-0.1, -0.05) is 0 Å². The summed E-state index contributed by atoms with van der Waals surface area (Å²) in [5.41, 5.74) is 0. The highest BCUT2D eigenvalue weighted by atomic mass is 16.2. The molecule has 1 rings (SSSR count). The number of nitrogens with zero attached hydrogens (tertiary/aromatic N) is 1. The number of urea groups is 1. The number of carbonyl (C=O) groups excluding carboxylic acids is 2. The summed E-state index contributed by atoms with van der Waals surface area (Å²) in [7, 11) is 1.58. The predicted octanol–water partition coefficient (Wildman–Crippen LogP) is -1.26. The second-order valence-electron chi connectivity index (χ2n) is 3.39. The fourth-order valence-electron chi connectivity index (χ4n) is 1.39.